The molecule has 3 aliphatic rings. The van der Waals surface area contributed by atoms with Crippen LogP contribution < -0.4 is 5.56 Å². The first-order valence-corrected chi connectivity index (χ1v) is 11.5. The Balaban J connectivity index is 1.33. The highest BCUT2D eigenvalue weighted by atomic mass is 19.4. The number of nitrogens with zero attached hydrogens (tertiary/aromatic N) is 5. The highest BCUT2D eigenvalue weighted by molar-refractivity contribution is 6.00. The van der Waals surface area contributed by atoms with Crippen molar-refractivity contribution in [1.29, 1.82) is 0 Å². The monoisotopic (exact) mass is 495 g/mol. The molecule has 0 atom stereocenters. The van der Waals surface area contributed by atoms with E-state index in [-0.39, 0.29) is 11.5 Å². The minimum atomic E-state index is -4.38. The maximum absolute atomic E-state index is 13.5. The highest BCUT2D eigenvalue weighted by Gasteiger charge is 2.31. The van der Waals surface area contributed by atoms with Crippen molar-refractivity contribution < 1.29 is 18.0 Å². The zero-order valence-corrected chi connectivity index (χ0v) is 19.6. The van der Waals surface area contributed by atoms with E-state index in [2.05, 4.69) is 5.10 Å². The normalized spacial score (nSPS) is 14.9. The lowest BCUT2D eigenvalue weighted by Crippen LogP contribution is -2.48. The summed E-state index contributed by atoms with van der Waals surface area (Å²) >= 11 is 0. The van der Waals surface area contributed by atoms with Crippen molar-refractivity contribution in [2.45, 2.75) is 12.7 Å². The largest absolute Gasteiger partial charge is 0.416 e. The van der Waals surface area contributed by atoms with Gasteiger partial charge in [-0.2, -0.15) is 23.0 Å². The molecule has 1 fully saturated rings. The minimum Gasteiger partial charge on any atom is -0.356 e. The maximum atomic E-state index is 13.5. The predicted molar refractivity (Wildman–Crippen MR) is 128 cm³/mol. The van der Waals surface area contributed by atoms with Crippen molar-refractivity contribution >= 4 is 5.91 Å². The Bertz CT molecular complexity index is 1420. The summed E-state index contributed by atoms with van der Waals surface area (Å²) in [6.07, 6.45) is -1.05. The fourth-order valence-corrected chi connectivity index (χ4v) is 4.52. The summed E-state index contributed by atoms with van der Waals surface area (Å²) < 4.78 is 42.1. The number of alkyl halides is 3. The number of para-hydroxylation sites is 1. The Morgan fingerprint density at radius 3 is 2.39 bits per heavy atom. The summed E-state index contributed by atoms with van der Waals surface area (Å²) in [5.41, 5.74) is 1.27. The lowest BCUT2D eigenvalue weighted by molar-refractivity contribution is -0.137. The summed E-state index contributed by atoms with van der Waals surface area (Å²) in [5, 5.41) is 4.48. The van der Waals surface area contributed by atoms with Gasteiger partial charge in [-0.1, -0.05) is 36.4 Å². The number of hydrogen-bond acceptors (Lipinski definition) is 4. The Hall–Kier alpha value is -3.92. The zero-order chi connectivity index (χ0) is 25.4. The number of amides is 1. The Morgan fingerprint density at radius 1 is 0.972 bits per heavy atom. The summed E-state index contributed by atoms with van der Waals surface area (Å²) in [6.45, 7) is 2.26. The number of carbonyl (C=O) groups excluding carboxylic acids is 1. The third-order valence-corrected chi connectivity index (χ3v) is 6.35. The van der Waals surface area contributed by atoms with Crippen LogP contribution in [-0.2, 0) is 19.8 Å². The third kappa shape index (κ3) is 4.64. The van der Waals surface area contributed by atoms with Crippen LogP contribution in [0.4, 0.5) is 13.2 Å². The van der Waals surface area contributed by atoms with Crippen LogP contribution in [0.3, 0.4) is 0 Å². The molecule has 0 bridgehead atoms. The zero-order valence-electron chi connectivity index (χ0n) is 19.6. The molecule has 186 valence electrons. The average Bonchev–Trinajstić information content (AvgIpc) is 3.20. The Morgan fingerprint density at radius 2 is 1.69 bits per heavy atom. The van der Waals surface area contributed by atoms with Gasteiger partial charge in [0, 0.05) is 52.2 Å². The first-order valence-electron chi connectivity index (χ1n) is 11.5. The second-order valence-electron chi connectivity index (χ2n) is 8.92. The quantitative estimate of drug-likeness (QED) is 0.434. The van der Waals surface area contributed by atoms with Crippen molar-refractivity contribution in [3.05, 3.63) is 94.0 Å². The molecule has 2 aromatic rings. The van der Waals surface area contributed by atoms with Crippen LogP contribution in [-0.4, -0.2) is 56.2 Å². The van der Waals surface area contributed by atoms with Crippen LogP contribution in [0, 0.1) is 0 Å². The van der Waals surface area contributed by atoms with E-state index >= 15 is 0 Å². The molecular weight excluding hydrogens is 471 g/mol. The summed E-state index contributed by atoms with van der Waals surface area (Å²) in [5.74, 6) is -0.229. The molecule has 0 unspecified atom stereocenters. The predicted octanol–water partition coefficient (Wildman–Crippen LogP) is 3.65. The molecule has 2 aromatic carbocycles. The van der Waals surface area contributed by atoms with Gasteiger partial charge in [-0.05, 0) is 23.8 Å². The molecule has 0 radical (unpaired) electrons. The van der Waals surface area contributed by atoms with E-state index in [1.807, 2.05) is 23.1 Å². The van der Waals surface area contributed by atoms with Gasteiger partial charge in [0.1, 0.15) is 5.69 Å². The lowest BCUT2D eigenvalue weighted by Gasteiger charge is -2.35. The lowest BCUT2D eigenvalue weighted by atomic mass is 10.1. The van der Waals surface area contributed by atoms with Gasteiger partial charge in [-0.25, -0.2) is 0 Å². The van der Waals surface area contributed by atoms with Gasteiger partial charge in [0.05, 0.1) is 22.4 Å². The number of aromatic nitrogens is 3. The van der Waals surface area contributed by atoms with E-state index in [1.165, 1.54) is 16.8 Å². The summed E-state index contributed by atoms with van der Waals surface area (Å²) in [4.78, 5) is 30.2. The third-order valence-electron chi connectivity index (χ3n) is 6.35. The van der Waals surface area contributed by atoms with E-state index < -0.39 is 11.7 Å². The van der Waals surface area contributed by atoms with E-state index in [4.69, 9.17) is 0 Å². The van der Waals surface area contributed by atoms with Crippen LogP contribution in [0.25, 0.3) is 16.9 Å². The van der Waals surface area contributed by atoms with Gasteiger partial charge in [-0.15, -0.1) is 0 Å². The van der Waals surface area contributed by atoms with Crippen LogP contribution in [0.5, 0.6) is 0 Å². The van der Waals surface area contributed by atoms with Crippen molar-refractivity contribution in [2.75, 3.05) is 26.2 Å². The molecule has 3 aliphatic heterocycles. The van der Waals surface area contributed by atoms with Crippen LogP contribution in [0.2, 0.25) is 0 Å². The number of halogens is 3. The first kappa shape index (κ1) is 23.8. The maximum Gasteiger partial charge on any atom is 0.416 e. The van der Waals surface area contributed by atoms with Crippen molar-refractivity contribution in [3.63, 3.8) is 0 Å². The fraction of sp³-hybridized carbons (Fsp3) is 0.269. The molecule has 7 nitrogen and oxygen atoms in total. The van der Waals surface area contributed by atoms with Crippen LogP contribution in [0.1, 0.15) is 21.5 Å². The van der Waals surface area contributed by atoms with E-state index in [9.17, 15) is 22.8 Å². The van der Waals surface area contributed by atoms with Gasteiger partial charge >= 0.3 is 6.18 Å². The molecule has 10 heteroatoms. The number of rotatable bonds is 4. The molecule has 3 heterocycles. The number of carbonyl (C=O) groups is 1. The van der Waals surface area contributed by atoms with Gasteiger partial charge in [0.25, 0.3) is 11.5 Å². The molecule has 1 amide bonds. The van der Waals surface area contributed by atoms with Gasteiger partial charge in [-0.3, -0.25) is 14.5 Å². The number of pyridine rings is 1. The smallest absolute Gasteiger partial charge is 0.356 e. The first-order chi connectivity index (χ1) is 17.2. The number of piperazine rings is 1. The molecule has 36 heavy (non-hydrogen) atoms. The topological polar surface area (TPSA) is 63.4 Å². The van der Waals surface area contributed by atoms with Gasteiger partial charge in [0.2, 0.25) is 0 Å². The van der Waals surface area contributed by atoms with Crippen LogP contribution in [0.15, 0.2) is 71.8 Å². The van der Waals surface area contributed by atoms with Gasteiger partial charge < -0.3 is 9.47 Å². The number of fused-ring (bicyclic) bond motifs is 1. The summed E-state index contributed by atoms with van der Waals surface area (Å²) in [7, 11) is 1.75. The number of hydrogen-bond donors (Lipinski definition) is 0. The SMILES string of the molecule is Cn1cc(C(=O)N2CCN(Cc3cccc(C(F)(F)F)c3)CC2)c2nn(-c3ccccc3)c(=O)c-2c1. The number of aryl methyl sites for hydroxylation is 1. The van der Waals surface area contributed by atoms with E-state index in [1.54, 1.807) is 47.1 Å². The molecule has 0 N–H and O–H groups in total. The van der Waals surface area contributed by atoms with Crippen molar-refractivity contribution in [2.24, 2.45) is 7.05 Å². The standard InChI is InChI=1S/C26H24F3N5O2/c1-31-16-21(23-22(17-31)25(36)34(30-23)20-8-3-2-4-9-20)24(35)33-12-10-32(11-13-33)15-18-6-5-7-19(14-18)26(27,28)29/h2-9,14,16-17H,10-13,15H2,1H3. The highest BCUT2D eigenvalue weighted by Crippen LogP contribution is 2.30. The summed E-state index contributed by atoms with van der Waals surface area (Å²) in [6, 6.07) is 14.3. The molecule has 1 saturated heterocycles. The van der Waals surface area contributed by atoms with Crippen molar-refractivity contribution in [3.8, 4) is 16.9 Å². The fourth-order valence-electron chi connectivity index (χ4n) is 4.52. The van der Waals surface area contributed by atoms with E-state index in [0.29, 0.717) is 60.8 Å². The Kier molecular flexibility index (Phi) is 6.13. The van der Waals surface area contributed by atoms with Gasteiger partial charge in [0.15, 0.2) is 0 Å². The molecule has 0 aromatic heterocycles. The molecule has 5 rings (SSSR count). The second kappa shape index (κ2) is 9.27. The van der Waals surface area contributed by atoms with Crippen molar-refractivity contribution in [1.82, 2.24) is 24.1 Å². The average molecular weight is 496 g/mol. The molecule has 0 spiro atoms. The molecule has 0 aliphatic carbocycles. The molecular formula is C26H24F3N5O2. The van der Waals surface area contributed by atoms with E-state index in [0.717, 1.165) is 6.07 Å². The second-order valence-corrected chi connectivity index (χ2v) is 8.92. The number of benzene rings is 2. The Labute approximate surface area is 205 Å². The molecule has 0 saturated carbocycles. The van der Waals surface area contributed by atoms with Crippen LogP contribution >= 0.6 is 0 Å². The minimum absolute atomic E-state index is 0.229.